The van der Waals surface area contributed by atoms with Crippen molar-refractivity contribution < 1.29 is 119 Å². The highest BCUT2D eigenvalue weighted by Gasteiger charge is 2.57. The zero-order chi connectivity index (χ0) is 42.9. The molecule has 5 heterocycles. The number of carbonyl (C=O) groups is 1. The lowest BCUT2D eigenvalue weighted by molar-refractivity contribution is -0.389. The topological polar surface area (TPSA) is 421 Å². The molecule has 0 spiro atoms. The number of rotatable bonds is 13. The molecule has 0 bridgehead atoms. The van der Waals surface area contributed by atoms with Crippen molar-refractivity contribution in [2.75, 3.05) is 26.4 Å². The number of hydrogen-bond donors (Lipinski definition) is 16. The smallest absolute Gasteiger partial charge is 0.217 e. The van der Waals surface area contributed by atoms with E-state index in [1.165, 1.54) is 6.92 Å². The summed E-state index contributed by atoms with van der Waals surface area (Å²) in [5, 5.41) is 150. The average molecular weight is 853 g/mol. The molecule has 25 atom stereocenters. The molecular formula is C32H56N2O24. The summed E-state index contributed by atoms with van der Waals surface area (Å²) in [4.78, 5) is 12.8. The molecule has 1 unspecified atom stereocenters. The number of aliphatic hydroxyl groups is 14. The fraction of sp³-hybridized carbons (Fsp3) is 0.969. The highest BCUT2D eigenvalue weighted by molar-refractivity contribution is 5.73. The summed E-state index contributed by atoms with van der Waals surface area (Å²) in [6.45, 7) is -1.26. The Morgan fingerprint density at radius 3 is 1.52 bits per heavy atom. The number of ether oxygens (including phenoxy) is 9. The van der Waals surface area contributed by atoms with Gasteiger partial charge in [0, 0.05) is 6.92 Å². The monoisotopic (exact) mass is 852 g/mol. The van der Waals surface area contributed by atoms with Gasteiger partial charge in [0.05, 0.1) is 38.6 Å². The Morgan fingerprint density at radius 1 is 0.500 bits per heavy atom. The molecule has 5 saturated heterocycles. The lowest BCUT2D eigenvalue weighted by Gasteiger charge is -2.51. The van der Waals surface area contributed by atoms with Crippen LogP contribution in [0.4, 0.5) is 0 Å². The first-order valence-corrected chi connectivity index (χ1v) is 18.5. The minimum Gasteiger partial charge on any atom is -0.394 e. The number of amides is 1. The molecular weight excluding hydrogens is 796 g/mol. The molecule has 5 aliphatic heterocycles. The van der Waals surface area contributed by atoms with E-state index in [4.69, 9.17) is 48.4 Å². The van der Waals surface area contributed by atoms with Gasteiger partial charge < -0.3 is 125 Å². The molecule has 17 N–H and O–H groups in total. The molecule has 1 amide bonds. The summed E-state index contributed by atoms with van der Waals surface area (Å²) in [5.41, 5.74) is 5.80. The molecule has 0 aromatic carbocycles. The number of hydrogen-bond acceptors (Lipinski definition) is 25. The van der Waals surface area contributed by atoms with Gasteiger partial charge in [-0.15, -0.1) is 0 Å². The van der Waals surface area contributed by atoms with Crippen molar-refractivity contribution in [3.63, 3.8) is 0 Å². The molecule has 5 rings (SSSR count). The van der Waals surface area contributed by atoms with Crippen molar-refractivity contribution in [3.05, 3.63) is 0 Å². The van der Waals surface area contributed by atoms with Gasteiger partial charge in [0.15, 0.2) is 31.5 Å². The van der Waals surface area contributed by atoms with E-state index in [9.17, 15) is 76.3 Å². The number of nitrogens with two attached hydrogens (primary N) is 1. The molecule has 0 aromatic heterocycles. The molecule has 5 aliphatic rings. The van der Waals surface area contributed by atoms with E-state index in [1.54, 1.807) is 0 Å². The standard InChI is InChI=1S/C32H56N2O24/c1-7-15(40)19(44)21(46)30(50-7)56-25-12(6-38)54-29(14(34-8(2)39)26(25)57-31-22(47)20(45)16(41)9(3-35)52-31)58-27-17(42)10(4-36)53-32(23(27)48)55-24-11(5-37)51-28(49)13(33)18(24)43/h7,9-32,35-38,40-49H,3-6,33H2,1-2H3,(H,34,39)/t7-,9+,10+,11+,12+,13+,14+,15+,16-,17-,18+,19+,20-,21-,22+,23+,24+,25+,26+,27-,28?,29-,30-,31-,32-/m0/s1. The van der Waals surface area contributed by atoms with E-state index in [2.05, 4.69) is 5.32 Å². The lowest BCUT2D eigenvalue weighted by atomic mass is 9.93. The van der Waals surface area contributed by atoms with Crippen molar-refractivity contribution in [2.45, 2.75) is 167 Å². The van der Waals surface area contributed by atoms with Gasteiger partial charge in [-0.1, -0.05) is 0 Å². The van der Waals surface area contributed by atoms with Crippen molar-refractivity contribution in [2.24, 2.45) is 5.73 Å². The molecule has 26 heteroatoms. The third-order valence-electron chi connectivity index (χ3n) is 10.8. The van der Waals surface area contributed by atoms with Crippen LogP contribution in [-0.2, 0) is 47.4 Å². The van der Waals surface area contributed by atoms with Gasteiger partial charge in [0.2, 0.25) is 5.91 Å². The molecule has 0 radical (unpaired) electrons. The molecule has 0 saturated carbocycles. The van der Waals surface area contributed by atoms with Crippen molar-refractivity contribution >= 4 is 5.91 Å². The molecule has 338 valence electrons. The number of aliphatic hydroxyl groups excluding tert-OH is 14. The summed E-state index contributed by atoms with van der Waals surface area (Å²) >= 11 is 0. The predicted molar refractivity (Wildman–Crippen MR) is 179 cm³/mol. The second-order valence-electron chi connectivity index (χ2n) is 14.8. The second kappa shape index (κ2) is 20.1. The Labute approximate surface area is 329 Å². The minimum absolute atomic E-state index is 0.822. The Balaban J connectivity index is 1.50. The molecule has 5 fully saturated rings. The van der Waals surface area contributed by atoms with Gasteiger partial charge in [-0.3, -0.25) is 4.79 Å². The molecule has 26 nitrogen and oxygen atoms in total. The first-order valence-electron chi connectivity index (χ1n) is 18.5. The van der Waals surface area contributed by atoms with Crippen molar-refractivity contribution in [3.8, 4) is 0 Å². The average Bonchev–Trinajstić information content (AvgIpc) is 3.19. The van der Waals surface area contributed by atoms with E-state index >= 15 is 0 Å². The Bertz CT molecular complexity index is 1310. The van der Waals surface area contributed by atoms with Gasteiger partial charge in [-0.05, 0) is 6.92 Å². The van der Waals surface area contributed by atoms with E-state index in [0.717, 1.165) is 6.92 Å². The van der Waals surface area contributed by atoms with Crippen LogP contribution in [0.5, 0.6) is 0 Å². The van der Waals surface area contributed by atoms with Crippen molar-refractivity contribution in [1.82, 2.24) is 5.32 Å². The number of carbonyl (C=O) groups excluding carboxylic acids is 1. The minimum atomic E-state index is -2.08. The second-order valence-corrected chi connectivity index (χ2v) is 14.8. The maximum absolute atomic E-state index is 12.8. The highest BCUT2D eigenvalue weighted by atomic mass is 16.8. The van der Waals surface area contributed by atoms with Crippen LogP contribution in [-0.4, -0.2) is 257 Å². The maximum Gasteiger partial charge on any atom is 0.217 e. The normalized spacial score (nSPS) is 51.6. The van der Waals surface area contributed by atoms with Crippen LogP contribution in [0.15, 0.2) is 0 Å². The van der Waals surface area contributed by atoms with Crippen LogP contribution in [0.25, 0.3) is 0 Å². The van der Waals surface area contributed by atoms with Gasteiger partial charge in [0.1, 0.15) is 110 Å². The fourth-order valence-corrected chi connectivity index (χ4v) is 7.40. The van der Waals surface area contributed by atoms with Crippen LogP contribution in [0.3, 0.4) is 0 Å². The van der Waals surface area contributed by atoms with Gasteiger partial charge in [0.25, 0.3) is 0 Å². The van der Waals surface area contributed by atoms with E-state index in [1.807, 2.05) is 0 Å². The molecule has 0 aromatic rings. The molecule has 0 aliphatic carbocycles. The van der Waals surface area contributed by atoms with Crippen molar-refractivity contribution in [1.29, 1.82) is 0 Å². The Kier molecular flexibility index (Phi) is 16.5. The highest BCUT2D eigenvalue weighted by Crippen LogP contribution is 2.36. The largest absolute Gasteiger partial charge is 0.394 e. The van der Waals surface area contributed by atoms with Gasteiger partial charge in [-0.2, -0.15) is 0 Å². The molecule has 58 heavy (non-hydrogen) atoms. The third kappa shape index (κ3) is 9.75. The summed E-state index contributed by atoms with van der Waals surface area (Å²) < 4.78 is 51.7. The Morgan fingerprint density at radius 2 is 0.948 bits per heavy atom. The summed E-state index contributed by atoms with van der Waals surface area (Å²) in [5.74, 6) is -0.825. The van der Waals surface area contributed by atoms with Crippen LogP contribution in [0, 0.1) is 0 Å². The van der Waals surface area contributed by atoms with Gasteiger partial charge in [-0.25, -0.2) is 0 Å². The summed E-state index contributed by atoms with van der Waals surface area (Å²) in [6.07, 6.45) is -40.7. The Hall–Kier alpha value is -1.49. The fourth-order valence-electron chi connectivity index (χ4n) is 7.40. The first kappa shape index (κ1) is 47.6. The maximum atomic E-state index is 12.8. The summed E-state index contributed by atoms with van der Waals surface area (Å²) in [7, 11) is 0. The quantitative estimate of drug-likeness (QED) is 0.0818. The van der Waals surface area contributed by atoms with Gasteiger partial charge >= 0.3 is 0 Å². The van der Waals surface area contributed by atoms with Crippen LogP contribution < -0.4 is 11.1 Å². The van der Waals surface area contributed by atoms with E-state index in [-0.39, 0.29) is 0 Å². The zero-order valence-corrected chi connectivity index (χ0v) is 31.2. The first-order chi connectivity index (χ1) is 27.4. The van der Waals surface area contributed by atoms with E-state index in [0.29, 0.717) is 0 Å². The summed E-state index contributed by atoms with van der Waals surface area (Å²) in [6, 6.07) is -3.19. The third-order valence-corrected chi connectivity index (χ3v) is 10.8. The SMILES string of the molecule is CC(=O)N[C@H]1[C@H](O[C@H]2[C@@H](O)[C@@H](CO)O[C@@H](O[C@H]3[C@H](O)[C@@H](N)C(O)O[C@@H]3CO)[C@@H]2O)O[C@H](CO)[C@@H](O[C@@H]2O[C@@H](C)[C@@H](O)[C@@H](O)[C@@H]2O)[C@@H]1O[C@@H]1O[C@H](CO)[C@H](O)[C@H](O)[C@H]1O. The zero-order valence-electron chi connectivity index (χ0n) is 31.2. The lowest BCUT2D eigenvalue weighted by Crippen LogP contribution is -2.71. The van der Waals surface area contributed by atoms with Crippen LogP contribution >= 0.6 is 0 Å². The van der Waals surface area contributed by atoms with E-state index < -0.39 is 186 Å². The predicted octanol–water partition coefficient (Wildman–Crippen LogP) is -10.8. The van der Waals surface area contributed by atoms with Crippen LogP contribution in [0.2, 0.25) is 0 Å². The van der Waals surface area contributed by atoms with Crippen LogP contribution in [0.1, 0.15) is 13.8 Å². The number of nitrogens with one attached hydrogen (secondary N) is 1.